The minimum absolute atomic E-state index is 0.283. The van der Waals surface area contributed by atoms with Gasteiger partial charge in [-0.1, -0.05) is 0 Å². The number of carbonyl (C=O) groups excluding carboxylic acids is 1. The average molecular weight is 297 g/mol. The van der Waals surface area contributed by atoms with Crippen LogP contribution in [0.15, 0.2) is 0 Å². The Hall–Kier alpha value is -0.650. The van der Waals surface area contributed by atoms with Gasteiger partial charge in [0.05, 0.1) is 12.6 Å². The normalized spacial score (nSPS) is 30.4. The predicted molar refractivity (Wildman–Crippen MR) is 84.2 cm³/mol. The second-order valence-electron chi connectivity index (χ2n) is 6.86. The van der Waals surface area contributed by atoms with Gasteiger partial charge >= 0.3 is 0 Å². The van der Waals surface area contributed by atoms with E-state index in [1.54, 1.807) is 0 Å². The van der Waals surface area contributed by atoms with Gasteiger partial charge in [0, 0.05) is 44.8 Å². The number of piperidine rings is 1. The first-order valence-electron chi connectivity index (χ1n) is 8.41. The van der Waals surface area contributed by atoms with Crippen LogP contribution in [-0.4, -0.2) is 83.2 Å². The topological polar surface area (TPSA) is 47.0 Å². The van der Waals surface area contributed by atoms with E-state index < -0.39 is 0 Å². The SMILES string of the molecule is C[C@H](O)CN1CCN(CC(=O)N2CCCC[C@@H]2C)C[C@H]1C. The Morgan fingerprint density at radius 2 is 1.95 bits per heavy atom. The lowest BCUT2D eigenvalue weighted by Gasteiger charge is -2.41. The van der Waals surface area contributed by atoms with Gasteiger partial charge in [-0.05, 0) is 40.0 Å². The fraction of sp³-hybridized carbons (Fsp3) is 0.938. The third kappa shape index (κ3) is 4.66. The molecule has 5 heteroatoms. The van der Waals surface area contributed by atoms with Crippen LogP contribution >= 0.6 is 0 Å². The third-order valence-corrected chi connectivity index (χ3v) is 4.83. The molecule has 5 nitrogen and oxygen atoms in total. The van der Waals surface area contributed by atoms with Crippen LogP contribution in [0.4, 0.5) is 0 Å². The highest BCUT2D eigenvalue weighted by Crippen LogP contribution is 2.17. The Morgan fingerprint density at radius 1 is 1.19 bits per heavy atom. The van der Waals surface area contributed by atoms with E-state index in [-0.39, 0.29) is 6.10 Å². The number of β-amino-alcohol motifs (C(OH)–C–C–N with tert-alkyl or cyclic N) is 1. The molecule has 0 aliphatic carbocycles. The van der Waals surface area contributed by atoms with Crippen LogP contribution in [0.5, 0.6) is 0 Å². The fourth-order valence-electron chi connectivity index (χ4n) is 3.58. The van der Waals surface area contributed by atoms with Crippen LogP contribution in [0.25, 0.3) is 0 Å². The molecule has 2 saturated heterocycles. The summed E-state index contributed by atoms with van der Waals surface area (Å²) < 4.78 is 0. The third-order valence-electron chi connectivity index (χ3n) is 4.83. The highest BCUT2D eigenvalue weighted by atomic mass is 16.3. The van der Waals surface area contributed by atoms with E-state index in [9.17, 15) is 9.90 Å². The molecule has 0 saturated carbocycles. The van der Waals surface area contributed by atoms with Gasteiger partial charge in [0.2, 0.25) is 5.91 Å². The van der Waals surface area contributed by atoms with E-state index in [1.165, 1.54) is 6.42 Å². The molecule has 0 aromatic carbocycles. The summed E-state index contributed by atoms with van der Waals surface area (Å²) in [7, 11) is 0. The molecular weight excluding hydrogens is 266 g/mol. The first-order chi connectivity index (χ1) is 9.97. The lowest BCUT2D eigenvalue weighted by molar-refractivity contribution is -0.136. The van der Waals surface area contributed by atoms with Gasteiger partial charge in [0.1, 0.15) is 0 Å². The molecule has 1 N–H and O–H groups in total. The monoisotopic (exact) mass is 297 g/mol. The van der Waals surface area contributed by atoms with E-state index in [0.29, 0.717) is 24.5 Å². The number of hydrogen-bond donors (Lipinski definition) is 1. The number of amides is 1. The average Bonchev–Trinajstić information content (AvgIpc) is 2.42. The summed E-state index contributed by atoms with van der Waals surface area (Å²) in [5.74, 6) is 0.290. The van der Waals surface area contributed by atoms with Gasteiger partial charge in [-0.2, -0.15) is 0 Å². The second-order valence-corrected chi connectivity index (χ2v) is 6.86. The zero-order valence-electron chi connectivity index (χ0n) is 13.8. The number of nitrogens with zero attached hydrogens (tertiary/aromatic N) is 3. The molecule has 21 heavy (non-hydrogen) atoms. The van der Waals surface area contributed by atoms with Crippen molar-refractivity contribution < 1.29 is 9.90 Å². The van der Waals surface area contributed by atoms with E-state index >= 15 is 0 Å². The zero-order valence-corrected chi connectivity index (χ0v) is 13.8. The van der Waals surface area contributed by atoms with Gasteiger partial charge in [-0.15, -0.1) is 0 Å². The molecule has 2 rings (SSSR count). The molecule has 0 aromatic rings. The first-order valence-corrected chi connectivity index (χ1v) is 8.41. The maximum absolute atomic E-state index is 12.5. The summed E-state index contributed by atoms with van der Waals surface area (Å²) >= 11 is 0. The summed E-state index contributed by atoms with van der Waals surface area (Å²) in [5.41, 5.74) is 0. The number of piperazine rings is 1. The molecule has 3 atom stereocenters. The van der Waals surface area contributed by atoms with E-state index in [1.807, 2.05) is 6.92 Å². The van der Waals surface area contributed by atoms with Gasteiger partial charge in [0.15, 0.2) is 0 Å². The van der Waals surface area contributed by atoms with Crippen molar-refractivity contribution in [1.82, 2.24) is 14.7 Å². The zero-order chi connectivity index (χ0) is 15.4. The highest BCUT2D eigenvalue weighted by Gasteiger charge is 2.28. The molecule has 0 aromatic heterocycles. The van der Waals surface area contributed by atoms with Crippen LogP contribution in [0.1, 0.15) is 40.0 Å². The van der Waals surface area contributed by atoms with Crippen LogP contribution in [0.3, 0.4) is 0 Å². The Kier molecular flexibility index (Phi) is 6.02. The standard InChI is InChI=1S/C16H31N3O2/c1-13-6-4-5-7-19(13)16(21)12-17-8-9-18(11-15(3)20)14(2)10-17/h13-15,20H,4-12H2,1-3H3/t13-,14+,15-/m0/s1. The Morgan fingerprint density at radius 3 is 2.57 bits per heavy atom. The van der Waals surface area contributed by atoms with Gasteiger partial charge in [-0.3, -0.25) is 14.6 Å². The molecule has 2 heterocycles. The van der Waals surface area contributed by atoms with Gasteiger partial charge < -0.3 is 10.0 Å². The molecule has 2 aliphatic rings. The number of carbonyl (C=O) groups is 1. The lowest BCUT2D eigenvalue weighted by atomic mass is 10.0. The van der Waals surface area contributed by atoms with Crippen molar-refractivity contribution in [1.29, 1.82) is 0 Å². The molecule has 2 aliphatic heterocycles. The number of aliphatic hydroxyl groups is 1. The molecule has 2 fully saturated rings. The summed E-state index contributed by atoms with van der Waals surface area (Å²) in [4.78, 5) is 19.1. The maximum Gasteiger partial charge on any atom is 0.236 e. The minimum Gasteiger partial charge on any atom is -0.392 e. The van der Waals surface area contributed by atoms with Gasteiger partial charge in [0.25, 0.3) is 0 Å². The molecule has 1 amide bonds. The maximum atomic E-state index is 12.5. The van der Waals surface area contributed by atoms with Crippen LogP contribution in [0.2, 0.25) is 0 Å². The van der Waals surface area contributed by atoms with Crippen molar-refractivity contribution in [2.45, 2.75) is 58.2 Å². The molecular formula is C16H31N3O2. The number of likely N-dealkylation sites (tertiary alicyclic amines) is 1. The second kappa shape index (κ2) is 7.56. The van der Waals surface area contributed by atoms with Crippen molar-refractivity contribution in [3.8, 4) is 0 Å². The summed E-state index contributed by atoms with van der Waals surface area (Å²) in [5, 5.41) is 9.52. The summed E-state index contributed by atoms with van der Waals surface area (Å²) in [6.07, 6.45) is 3.26. The summed E-state index contributed by atoms with van der Waals surface area (Å²) in [6.45, 7) is 11.2. The Labute approximate surface area is 128 Å². The van der Waals surface area contributed by atoms with Crippen molar-refractivity contribution in [2.24, 2.45) is 0 Å². The summed E-state index contributed by atoms with van der Waals surface area (Å²) in [6, 6.07) is 0.806. The van der Waals surface area contributed by atoms with Crippen molar-refractivity contribution >= 4 is 5.91 Å². The quantitative estimate of drug-likeness (QED) is 0.833. The molecule has 0 unspecified atom stereocenters. The van der Waals surface area contributed by atoms with Crippen LogP contribution < -0.4 is 0 Å². The van der Waals surface area contributed by atoms with Crippen molar-refractivity contribution in [3.05, 3.63) is 0 Å². The molecule has 0 bridgehead atoms. The van der Waals surface area contributed by atoms with E-state index in [2.05, 4.69) is 28.5 Å². The molecule has 122 valence electrons. The van der Waals surface area contributed by atoms with Crippen molar-refractivity contribution in [2.75, 3.05) is 39.3 Å². The predicted octanol–water partition coefficient (Wildman–Crippen LogP) is 0.774. The highest BCUT2D eigenvalue weighted by molar-refractivity contribution is 5.78. The lowest BCUT2D eigenvalue weighted by Crippen LogP contribution is -2.56. The van der Waals surface area contributed by atoms with E-state index in [0.717, 1.165) is 45.6 Å². The Balaban J connectivity index is 1.80. The van der Waals surface area contributed by atoms with Crippen LogP contribution in [0, 0.1) is 0 Å². The fourth-order valence-corrected chi connectivity index (χ4v) is 3.58. The van der Waals surface area contributed by atoms with Crippen molar-refractivity contribution in [3.63, 3.8) is 0 Å². The largest absolute Gasteiger partial charge is 0.392 e. The molecule has 0 spiro atoms. The Bertz CT molecular complexity index is 348. The number of rotatable bonds is 4. The number of aliphatic hydroxyl groups excluding tert-OH is 1. The smallest absolute Gasteiger partial charge is 0.236 e. The van der Waals surface area contributed by atoms with E-state index in [4.69, 9.17) is 0 Å². The number of hydrogen-bond acceptors (Lipinski definition) is 4. The molecule has 0 radical (unpaired) electrons. The first kappa shape index (κ1) is 16.7. The van der Waals surface area contributed by atoms with Gasteiger partial charge in [-0.25, -0.2) is 0 Å². The minimum atomic E-state index is -0.283. The van der Waals surface area contributed by atoms with Crippen LogP contribution in [-0.2, 0) is 4.79 Å².